The second-order valence-electron chi connectivity index (χ2n) is 3.10. The van der Waals surface area contributed by atoms with Crippen LogP contribution in [0.3, 0.4) is 0 Å². The number of hydrogen-bond donors (Lipinski definition) is 0. The predicted octanol–water partition coefficient (Wildman–Crippen LogP) is 1.20. The summed E-state index contributed by atoms with van der Waals surface area (Å²) in [5, 5.41) is 0. The zero-order valence-electron chi connectivity index (χ0n) is 8.16. The molecule has 1 heterocycles. The molecule has 1 aliphatic rings. The highest BCUT2D eigenvalue weighted by molar-refractivity contribution is 5.87. The second kappa shape index (κ2) is 5.75. The molecular weight excluding hydrogens is 166 g/mol. The number of allylic oxidation sites excluding steroid dienone is 1. The van der Waals surface area contributed by atoms with E-state index in [1.165, 1.54) is 0 Å². The lowest BCUT2D eigenvalue weighted by Crippen LogP contribution is -2.31. The maximum atomic E-state index is 11.5. The van der Waals surface area contributed by atoms with E-state index in [1.807, 2.05) is 17.9 Å². The van der Waals surface area contributed by atoms with Gasteiger partial charge in [0, 0.05) is 19.7 Å². The average molecular weight is 183 g/mol. The second-order valence-corrected chi connectivity index (χ2v) is 3.10. The van der Waals surface area contributed by atoms with Crippen LogP contribution in [0.5, 0.6) is 0 Å². The van der Waals surface area contributed by atoms with Gasteiger partial charge in [0.1, 0.15) is 0 Å². The third-order valence-corrected chi connectivity index (χ3v) is 2.03. The zero-order valence-corrected chi connectivity index (χ0v) is 8.16. The topological polar surface area (TPSA) is 29.5 Å². The monoisotopic (exact) mass is 183 g/mol. The van der Waals surface area contributed by atoms with E-state index >= 15 is 0 Å². The molecule has 0 saturated carbocycles. The first-order valence-corrected chi connectivity index (χ1v) is 4.87. The van der Waals surface area contributed by atoms with Gasteiger partial charge in [-0.2, -0.15) is 0 Å². The standard InChI is InChI=1S/C10H17NO2/c1-2-3-5-10(12)11-6-4-8-13-9-7-11/h3,5H,2,4,6-9H2,1H3/b5-3+. The first kappa shape index (κ1) is 10.3. The summed E-state index contributed by atoms with van der Waals surface area (Å²) in [6, 6.07) is 0. The van der Waals surface area contributed by atoms with Crippen molar-refractivity contribution in [2.75, 3.05) is 26.3 Å². The summed E-state index contributed by atoms with van der Waals surface area (Å²) < 4.78 is 5.26. The van der Waals surface area contributed by atoms with Crippen LogP contribution in [0.4, 0.5) is 0 Å². The van der Waals surface area contributed by atoms with E-state index in [2.05, 4.69) is 0 Å². The Kier molecular flexibility index (Phi) is 4.54. The number of carbonyl (C=O) groups is 1. The summed E-state index contributed by atoms with van der Waals surface area (Å²) >= 11 is 0. The van der Waals surface area contributed by atoms with Crippen LogP contribution in [0.1, 0.15) is 19.8 Å². The van der Waals surface area contributed by atoms with Gasteiger partial charge in [0.15, 0.2) is 0 Å². The number of hydrogen-bond acceptors (Lipinski definition) is 2. The van der Waals surface area contributed by atoms with Crippen LogP contribution in [0.2, 0.25) is 0 Å². The quantitative estimate of drug-likeness (QED) is 0.602. The van der Waals surface area contributed by atoms with Gasteiger partial charge in [0.2, 0.25) is 5.91 Å². The van der Waals surface area contributed by atoms with Crippen molar-refractivity contribution in [2.45, 2.75) is 19.8 Å². The molecular formula is C10H17NO2. The van der Waals surface area contributed by atoms with Gasteiger partial charge in [-0.1, -0.05) is 13.0 Å². The number of ether oxygens (including phenoxy) is 1. The van der Waals surface area contributed by atoms with Gasteiger partial charge in [0.25, 0.3) is 0 Å². The lowest BCUT2D eigenvalue weighted by Gasteiger charge is -2.16. The highest BCUT2D eigenvalue weighted by atomic mass is 16.5. The lowest BCUT2D eigenvalue weighted by molar-refractivity contribution is -0.126. The average Bonchev–Trinajstić information content (AvgIpc) is 2.42. The van der Waals surface area contributed by atoms with Gasteiger partial charge < -0.3 is 9.64 Å². The summed E-state index contributed by atoms with van der Waals surface area (Å²) in [6.45, 7) is 5.03. The lowest BCUT2D eigenvalue weighted by atomic mass is 10.3. The van der Waals surface area contributed by atoms with Gasteiger partial charge in [-0.25, -0.2) is 0 Å². The smallest absolute Gasteiger partial charge is 0.246 e. The number of nitrogens with zero attached hydrogens (tertiary/aromatic N) is 1. The molecule has 1 rings (SSSR count). The van der Waals surface area contributed by atoms with Crippen molar-refractivity contribution in [3.8, 4) is 0 Å². The van der Waals surface area contributed by atoms with Crippen molar-refractivity contribution in [2.24, 2.45) is 0 Å². The minimum absolute atomic E-state index is 0.118. The molecule has 0 unspecified atom stereocenters. The van der Waals surface area contributed by atoms with Crippen molar-refractivity contribution in [1.82, 2.24) is 4.90 Å². The van der Waals surface area contributed by atoms with E-state index in [1.54, 1.807) is 6.08 Å². The van der Waals surface area contributed by atoms with Crippen molar-refractivity contribution in [1.29, 1.82) is 0 Å². The third-order valence-electron chi connectivity index (χ3n) is 2.03. The molecule has 74 valence electrons. The Hall–Kier alpha value is -0.830. The molecule has 0 N–H and O–H groups in total. The molecule has 13 heavy (non-hydrogen) atoms. The van der Waals surface area contributed by atoms with Gasteiger partial charge in [-0.15, -0.1) is 0 Å². The van der Waals surface area contributed by atoms with E-state index < -0.39 is 0 Å². The van der Waals surface area contributed by atoms with Gasteiger partial charge >= 0.3 is 0 Å². The van der Waals surface area contributed by atoms with E-state index in [-0.39, 0.29) is 5.91 Å². The summed E-state index contributed by atoms with van der Waals surface area (Å²) in [5.74, 6) is 0.118. The highest BCUT2D eigenvalue weighted by Crippen LogP contribution is 2.00. The Morgan fingerprint density at radius 1 is 1.46 bits per heavy atom. The van der Waals surface area contributed by atoms with Crippen molar-refractivity contribution >= 4 is 5.91 Å². The van der Waals surface area contributed by atoms with Gasteiger partial charge in [-0.3, -0.25) is 4.79 Å². The van der Waals surface area contributed by atoms with Gasteiger partial charge in [-0.05, 0) is 18.9 Å². The van der Waals surface area contributed by atoms with Crippen LogP contribution >= 0.6 is 0 Å². The summed E-state index contributed by atoms with van der Waals surface area (Å²) in [5.41, 5.74) is 0. The SMILES string of the molecule is CC/C=C/C(=O)N1CCCOCC1. The fraction of sp³-hybridized carbons (Fsp3) is 0.700. The fourth-order valence-corrected chi connectivity index (χ4v) is 1.29. The highest BCUT2D eigenvalue weighted by Gasteiger charge is 2.12. The van der Waals surface area contributed by atoms with E-state index in [0.29, 0.717) is 6.61 Å². The molecule has 0 aromatic rings. The van der Waals surface area contributed by atoms with Crippen molar-refractivity contribution < 1.29 is 9.53 Å². The van der Waals surface area contributed by atoms with Crippen molar-refractivity contribution in [3.05, 3.63) is 12.2 Å². The molecule has 1 saturated heterocycles. The maximum Gasteiger partial charge on any atom is 0.246 e. The molecule has 0 aromatic heterocycles. The molecule has 0 atom stereocenters. The molecule has 1 amide bonds. The number of amides is 1. The Balaban J connectivity index is 2.39. The molecule has 0 radical (unpaired) electrons. The molecule has 1 fully saturated rings. The first-order valence-electron chi connectivity index (χ1n) is 4.87. The Morgan fingerprint density at radius 3 is 3.08 bits per heavy atom. The predicted molar refractivity (Wildman–Crippen MR) is 51.4 cm³/mol. The normalized spacial score (nSPS) is 19.0. The van der Waals surface area contributed by atoms with E-state index in [4.69, 9.17) is 4.74 Å². The molecule has 1 aliphatic heterocycles. The largest absolute Gasteiger partial charge is 0.380 e. The Morgan fingerprint density at radius 2 is 2.31 bits per heavy atom. The molecule has 0 bridgehead atoms. The summed E-state index contributed by atoms with van der Waals surface area (Å²) in [7, 11) is 0. The summed E-state index contributed by atoms with van der Waals surface area (Å²) in [4.78, 5) is 13.3. The van der Waals surface area contributed by atoms with Crippen LogP contribution in [-0.2, 0) is 9.53 Å². The van der Waals surface area contributed by atoms with Crippen LogP contribution in [-0.4, -0.2) is 37.1 Å². The summed E-state index contributed by atoms with van der Waals surface area (Å²) in [6.07, 6.45) is 5.42. The molecule has 0 spiro atoms. The minimum Gasteiger partial charge on any atom is -0.380 e. The number of rotatable bonds is 2. The Labute approximate surface area is 79.4 Å². The third kappa shape index (κ3) is 3.59. The van der Waals surface area contributed by atoms with Crippen molar-refractivity contribution in [3.63, 3.8) is 0 Å². The van der Waals surface area contributed by atoms with E-state index in [0.717, 1.165) is 32.5 Å². The Bertz CT molecular complexity index is 181. The maximum absolute atomic E-state index is 11.5. The van der Waals surface area contributed by atoms with Crippen LogP contribution in [0.25, 0.3) is 0 Å². The van der Waals surface area contributed by atoms with Crippen LogP contribution < -0.4 is 0 Å². The van der Waals surface area contributed by atoms with Crippen LogP contribution in [0.15, 0.2) is 12.2 Å². The molecule has 3 heteroatoms. The first-order chi connectivity index (χ1) is 6.34. The van der Waals surface area contributed by atoms with E-state index in [9.17, 15) is 4.79 Å². The zero-order chi connectivity index (χ0) is 9.52. The van der Waals surface area contributed by atoms with Gasteiger partial charge in [0.05, 0.1) is 6.61 Å². The van der Waals surface area contributed by atoms with Crippen LogP contribution in [0, 0.1) is 0 Å². The minimum atomic E-state index is 0.118. The molecule has 0 aromatic carbocycles. The number of carbonyl (C=O) groups excluding carboxylic acids is 1. The fourth-order valence-electron chi connectivity index (χ4n) is 1.29. The molecule has 0 aliphatic carbocycles. The molecule has 3 nitrogen and oxygen atoms in total.